The quantitative estimate of drug-likeness (QED) is 0.323. The summed E-state index contributed by atoms with van der Waals surface area (Å²) in [5.74, 6) is 0. The van der Waals surface area contributed by atoms with Gasteiger partial charge in [0.2, 0.25) is 0 Å². The second kappa shape index (κ2) is 7.89. The van der Waals surface area contributed by atoms with Gasteiger partial charge in [-0.15, -0.1) is 0 Å². The molecule has 1 aliphatic heterocycles. The number of benzene rings is 2. The van der Waals surface area contributed by atoms with Gasteiger partial charge in [0.25, 0.3) is 0 Å². The van der Waals surface area contributed by atoms with Gasteiger partial charge in [0.15, 0.2) is 0 Å². The Hall–Kier alpha value is -3.38. The molecule has 168 valence electrons. The summed E-state index contributed by atoms with van der Waals surface area (Å²) >= 11 is 0. The van der Waals surface area contributed by atoms with Crippen molar-refractivity contribution in [3.05, 3.63) is 53.2 Å². The third-order valence-corrected chi connectivity index (χ3v) is 7.47. The van der Waals surface area contributed by atoms with Crippen LogP contribution in [0.5, 0.6) is 0 Å². The summed E-state index contributed by atoms with van der Waals surface area (Å²) in [6.45, 7) is 4.27. The third-order valence-electron chi connectivity index (χ3n) is 7.47. The fourth-order valence-corrected chi connectivity index (χ4v) is 5.62. The van der Waals surface area contributed by atoms with E-state index in [2.05, 4.69) is 46.2 Å². The summed E-state index contributed by atoms with van der Waals surface area (Å²) < 4.78 is 0. The molecule has 0 amide bonds. The molecule has 6 rings (SSSR count). The Morgan fingerprint density at radius 1 is 1.03 bits per heavy atom. The number of nitrogen functional groups attached to an aromatic ring is 1. The molecule has 0 saturated carbocycles. The van der Waals surface area contributed by atoms with E-state index in [4.69, 9.17) is 16.1 Å². The summed E-state index contributed by atoms with van der Waals surface area (Å²) in [5, 5.41) is 10.3. The van der Waals surface area contributed by atoms with Gasteiger partial charge in [-0.2, -0.15) is 0 Å². The summed E-state index contributed by atoms with van der Waals surface area (Å²) in [6, 6.07) is 10.6. The number of anilines is 2. The number of aromatic nitrogens is 2. The van der Waals surface area contributed by atoms with Crippen LogP contribution < -0.4 is 10.6 Å². The van der Waals surface area contributed by atoms with Crippen molar-refractivity contribution in [2.24, 2.45) is 0 Å². The van der Waals surface area contributed by atoms with Crippen LogP contribution >= 0.6 is 0 Å². The number of fused-ring (bicyclic) bond motifs is 4. The van der Waals surface area contributed by atoms with Crippen molar-refractivity contribution in [3.8, 4) is 11.3 Å². The molecule has 1 fully saturated rings. The van der Waals surface area contributed by atoms with Gasteiger partial charge in [-0.3, -0.25) is 0 Å². The van der Waals surface area contributed by atoms with E-state index in [1.807, 2.05) is 12.1 Å². The average molecular weight is 439 g/mol. The first-order chi connectivity index (χ1) is 16.1. The van der Waals surface area contributed by atoms with E-state index in [0.717, 1.165) is 61.2 Å². The number of hydrogen-bond donors (Lipinski definition) is 3. The number of likely N-dealkylation sites (N-methyl/N-ethyl adjacent to an activating group) is 1. The zero-order valence-corrected chi connectivity index (χ0v) is 19.1. The predicted octanol–water partition coefficient (Wildman–Crippen LogP) is 4.59. The molecule has 0 bridgehead atoms. The van der Waals surface area contributed by atoms with E-state index in [0.29, 0.717) is 5.69 Å². The Labute approximate surface area is 193 Å². The normalized spacial score (nSPS) is 16.9. The highest BCUT2D eigenvalue weighted by Crippen LogP contribution is 2.39. The SMILES string of the molecule is CN1CCN(c2c[nH]c3ccc(-c4nc5ccc(N)c(C=N)c5c5c4CCCC5)cc23)CC1. The lowest BCUT2D eigenvalue weighted by Gasteiger charge is -2.33. The van der Waals surface area contributed by atoms with Crippen molar-refractivity contribution in [3.63, 3.8) is 0 Å². The van der Waals surface area contributed by atoms with E-state index in [-0.39, 0.29) is 0 Å². The summed E-state index contributed by atoms with van der Waals surface area (Å²) in [6.07, 6.45) is 7.93. The van der Waals surface area contributed by atoms with E-state index in [1.165, 1.54) is 52.3 Å². The first-order valence-corrected chi connectivity index (χ1v) is 11.9. The number of rotatable bonds is 3. The van der Waals surface area contributed by atoms with Crippen LogP contribution in [-0.4, -0.2) is 54.3 Å². The Kier molecular flexibility index (Phi) is 4.84. The number of nitrogens with two attached hydrogens (primary N) is 1. The molecule has 3 heterocycles. The zero-order valence-electron chi connectivity index (χ0n) is 19.1. The number of piperazine rings is 1. The molecular formula is C27H30N6. The van der Waals surface area contributed by atoms with Crippen molar-refractivity contribution in [2.45, 2.75) is 25.7 Å². The molecule has 6 heteroatoms. The molecule has 0 unspecified atom stereocenters. The van der Waals surface area contributed by atoms with E-state index < -0.39 is 0 Å². The Morgan fingerprint density at radius 2 is 1.82 bits per heavy atom. The van der Waals surface area contributed by atoms with Gasteiger partial charge in [0.1, 0.15) is 0 Å². The molecule has 2 aromatic carbocycles. The van der Waals surface area contributed by atoms with Crippen LogP contribution in [0.3, 0.4) is 0 Å². The molecular weight excluding hydrogens is 408 g/mol. The van der Waals surface area contributed by atoms with Crippen molar-refractivity contribution >= 4 is 39.4 Å². The van der Waals surface area contributed by atoms with Crippen LogP contribution in [0.15, 0.2) is 36.5 Å². The Balaban J connectivity index is 1.53. The van der Waals surface area contributed by atoms with Gasteiger partial charge in [0, 0.05) is 71.7 Å². The van der Waals surface area contributed by atoms with Gasteiger partial charge in [0.05, 0.1) is 16.9 Å². The fraction of sp³-hybridized carbons (Fsp3) is 0.333. The molecule has 1 saturated heterocycles. The van der Waals surface area contributed by atoms with Gasteiger partial charge < -0.3 is 25.9 Å². The lowest BCUT2D eigenvalue weighted by atomic mass is 9.84. The molecule has 6 nitrogen and oxygen atoms in total. The number of H-pyrrole nitrogens is 1. The second-order valence-electron chi connectivity index (χ2n) is 9.46. The number of nitrogens with zero attached hydrogens (tertiary/aromatic N) is 3. The van der Waals surface area contributed by atoms with Crippen molar-refractivity contribution < 1.29 is 0 Å². The van der Waals surface area contributed by atoms with Crippen LogP contribution in [-0.2, 0) is 12.8 Å². The first-order valence-electron chi connectivity index (χ1n) is 11.9. The lowest BCUT2D eigenvalue weighted by molar-refractivity contribution is 0.313. The Bertz CT molecular complexity index is 1380. The maximum atomic E-state index is 7.96. The van der Waals surface area contributed by atoms with Crippen LogP contribution in [0.2, 0.25) is 0 Å². The lowest BCUT2D eigenvalue weighted by Crippen LogP contribution is -2.44. The summed E-state index contributed by atoms with van der Waals surface area (Å²) in [5.41, 5.74) is 16.0. The monoisotopic (exact) mass is 438 g/mol. The minimum atomic E-state index is 0.658. The zero-order chi connectivity index (χ0) is 22.5. The number of nitrogens with one attached hydrogen (secondary N) is 2. The first kappa shape index (κ1) is 20.2. The number of aryl methyl sites for hydroxylation is 1. The highest BCUT2D eigenvalue weighted by Gasteiger charge is 2.23. The Morgan fingerprint density at radius 3 is 2.61 bits per heavy atom. The standard InChI is InChI=1S/C27H30N6/c1-32-10-12-33(13-11-32)25-16-30-23-8-6-17(14-20(23)25)27-19-5-3-2-4-18(19)26-21(15-28)22(29)7-9-24(26)31-27/h6-9,14-16,28,30H,2-5,10-13,29H2,1H3. The molecule has 0 spiro atoms. The largest absolute Gasteiger partial charge is 0.398 e. The van der Waals surface area contributed by atoms with Gasteiger partial charge in [-0.1, -0.05) is 6.07 Å². The van der Waals surface area contributed by atoms with Crippen LogP contribution in [0.25, 0.3) is 33.1 Å². The number of hydrogen-bond acceptors (Lipinski definition) is 5. The summed E-state index contributed by atoms with van der Waals surface area (Å²) in [4.78, 5) is 13.5. The van der Waals surface area contributed by atoms with Gasteiger partial charge >= 0.3 is 0 Å². The average Bonchev–Trinajstić information content (AvgIpc) is 3.27. The number of aromatic amines is 1. The predicted molar refractivity (Wildman–Crippen MR) is 138 cm³/mol. The minimum absolute atomic E-state index is 0.658. The van der Waals surface area contributed by atoms with Crippen LogP contribution in [0, 0.1) is 5.41 Å². The maximum Gasteiger partial charge on any atom is 0.0744 e. The molecule has 33 heavy (non-hydrogen) atoms. The van der Waals surface area contributed by atoms with Gasteiger partial charge in [-0.25, -0.2) is 4.98 Å². The molecule has 4 N–H and O–H groups in total. The van der Waals surface area contributed by atoms with Crippen LogP contribution in [0.4, 0.5) is 11.4 Å². The fourth-order valence-electron chi connectivity index (χ4n) is 5.62. The van der Waals surface area contributed by atoms with Crippen molar-refractivity contribution in [1.82, 2.24) is 14.9 Å². The highest BCUT2D eigenvalue weighted by atomic mass is 15.3. The summed E-state index contributed by atoms with van der Waals surface area (Å²) in [7, 11) is 2.19. The van der Waals surface area contributed by atoms with Crippen molar-refractivity contribution in [2.75, 3.05) is 43.9 Å². The maximum absolute atomic E-state index is 7.96. The van der Waals surface area contributed by atoms with Crippen LogP contribution in [0.1, 0.15) is 29.5 Å². The molecule has 2 aromatic heterocycles. The smallest absolute Gasteiger partial charge is 0.0744 e. The third kappa shape index (κ3) is 3.28. The van der Waals surface area contributed by atoms with Crippen molar-refractivity contribution in [1.29, 1.82) is 5.41 Å². The van der Waals surface area contributed by atoms with E-state index in [1.54, 1.807) is 0 Å². The molecule has 2 aliphatic rings. The van der Waals surface area contributed by atoms with Gasteiger partial charge in [-0.05, 0) is 68.1 Å². The minimum Gasteiger partial charge on any atom is -0.398 e. The molecule has 1 aliphatic carbocycles. The second-order valence-corrected chi connectivity index (χ2v) is 9.46. The highest BCUT2D eigenvalue weighted by molar-refractivity contribution is 6.05. The molecule has 4 aromatic rings. The topological polar surface area (TPSA) is 85.0 Å². The molecule has 0 atom stereocenters. The molecule has 0 radical (unpaired) electrons. The number of pyridine rings is 1. The van der Waals surface area contributed by atoms with E-state index >= 15 is 0 Å². The van der Waals surface area contributed by atoms with E-state index in [9.17, 15) is 0 Å².